The van der Waals surface area contributed by atoms with Crippen molar-refractivity contribution in [2.45, 2.75) is 25.2 Å². The topological polar surface area (TPSA) is 20.3 Å². The Hall–Kier alpha value is -2.19. The Bertz CT molecular complexity index is 919. The number of carbonyl (C=O) groups is 1. The number of aryl methyl sites for hydroxylation is 1. The normalized spacial score (nSPS) is 13.5. The van der Waals surface area contributed by atoms with E-state index in [1.807, 2.05) is 0 Å². The predicted octanol–water partition coefficient (Wildman–Crippen LogP) is 7.17. The van der Waals surface area contributed by atoms with Crippen molar-refractivity contribution >= 4 is 29.1 Å². The lowest BCUT2D eigenvalue weighted by atomic mass is 9.98. The highest BCUT2D eigenvalue weighted by Gasteiger charge is 2.40. The lowest BCUT2D eigenvalue weighted by Crippen LogP contribution is -2.35. The first-order chi connectivity index (χ1) is 13.8. The molecule has 0 saturated carbocycles. The fourth-order valence-corrected chi connectivity index (χ4v) is 3.25. The van der Waals surface area contributed by atoms with Crippen molar-refractivity contribution in [3.63, 3.8) is 0 Å². The third kappa shape index (κ3) is 6.67. The van der Waals surface area contributed by atoms with Crippen LogP contribution in [-0.2, 0) is 0 Å². The van der Waals surface area contributed by atoms with Gasteiger partial charge in [-0.2, -0.15) is 26.3 Å². The molecule has 10 heteroatoms. The average Bonchev–Trinajstić information content (AvgIpc) is 2.57. The number of alkyl halides is 6. The van der Waals surface area contributed by atoms with Gasteiger partial charge in [0.25, 0.3) is 5.91 Å². The summed E-state index contributed by atoms with van der Waals surface area (Å²) in [5, 5.41) is -0.133. The fourth-order valence-electron chi connectivity index (χ4n) is 2.71. The van der Waals surface area contributed by atoms with Crippen LogP contribution < -0.4 is 0 Å². The predicted molar refractivity (Wildman–Crippen MR) is 103 cm³/mol. The molecule has 30 heavy (non-hydrogen) atoms. The number of allylic oxidation sites excluding steroid dienone is 1. The molecule has 0 N–H and O–H groups in total. The Labute approximate surface area is 178 Å². The first-order valence-corrected chi connectivity index (χ1v) is 9.18. The molecule has 0 fully saturated rings. The molecule has 2 aromatic rings. The summed E-state index contributed by atoms with van der Waals surface area (Å²) < 4.78 is 79.7. The van der Waals surface area contributed by atoms with Crippen LogP contribution in [0.5, 0.6) is 0 Å². The van der Waals surface area contributed by atoms with Crippen molar-refractivity contribution in [1.29, 1.82) is 0 Å². The number of nitrogens with zero attached hydrogens (tertiary/aromatic N) is 1. The largest absolute Gasteiger partial charge is 0.406 e. The Kier molecular flexibility index (Phi) is 7.47. The Morgan fingerprint density at radius 3 is 2.10 bits per heavy atom. The molecule has 1 amide bonds. The Morgan fingerprint density at radius 2 is 1.60 bits per heavy atom. The van der Waals surface area contributed by atoms with Gasteiger partial charge in [-0.05, 0) is 42.3 Å². The van der Waals surface area contributed by atoms with Crippen LogP contribution in [0.2, 0.25) is 10.0 Å². The molecule has 2 rings (SSSR count). The molecule has 2 aromatic carbocycles. The molecule has 1 atom stereocenters. The summed E-state index contributed by atoms with van der Waals surface area (Å²) in [5.74, 6) is -3.40. The summed E-state index contributed by atoms with van der Waals surface area (Å²) in [7, 11) is 0. The summed E-state index contributed by atoms with van der Waals surface area (Å²) in [4.78, 5) is 12.8. The van der Waals surface area contributed by atoms with E-state index in [-0.39, 0.29) is 26.1 Å². The fraction of sp³-hybridized carbons (Fsp3) is 0.250. The second-order valence-electron chi connectivity index (χ2n) is 6.43. The van der Waals surface area contributed by atoms with Gasteiger partial charge in [0.1, 0.15) is 6.54 Å². The van der Waals surface area contributed by atoms with E-state index in [9.17, 15) is 31.1 Å². The number of hydrogen-bond acceptors (Lipinski definition) is 1. The van der Waals surface area contributed by atoms with Crippen LogP contribution in [0, 0.1) is 6.92 Å². The Morgan fingerprint density at radius 1 is 1.03 bits per heavy atom. The van der Waals surface area contributed by atoms with Gasteiger partial charge in [-0.3, -0.25) is 4.79 Å². The smallest absolute Gasteiger partial charge is 0.306 e. The first kappa shape index (κ1) is 24.1. The molecule has 162 valence electrons. The van der Waals surface area contributed by atoms with Gasteiger partial charge in [0.15, 0.2) is 0 Å². The zero-order chi connectivity index (χ0) is 22.7. The minimum absolute atomic E-state index is 0.0549. The molecule has 0 heterocycles. The molecule has 0 aliphatic heterocycles. The third-order valence-corrected chi connectivity index (χ3v) is 4.48. The molecular formula is C20H15Cl2F6NO. The minimum Gasteiger partial charge on any atom is -0.306 e. The van der Waals surface area contributed by atoms with Crippen LogP contribution in [-0.4, -0.2) is 29.7 Å². The second kappa shape index (κ2) is 9.31. The summed E-state index contributed by atoms with van der Waals surface area (Å²) in [5.41, 5.74) is -0.0376. The van der Waals surface area contributed by atoms with Crippen molar-refractivity contribution in [2.75, 3.05) is 6.54 Å². The molecule has 0 aliphatic rings. The lowest BCUT2D eigenvalue weighted by molar-refractivity contribution is -0.140. The second-order valence-corrected chi connectivity index (χ2v) is 7.30. The van der Waals surface area contributed by atoms with Gasteiger partial charge in [0, 0.05) is 21.8 Å². The van der Waals surface area contributed by atoms with Crippen LogP contribution in [0.4, 0.5) is 26.3 Å². The molecule has 1 unspecified atom stereocenters. The number of halogens is 8. The monoisotopic (exact) mass is 469 g/mol. The molecule has 0 bridgehead atoms. The van der Waals surface area contributed by atoms with Crippen LogP contribution in [0.1, 0.15) is 27.4 Å². The van der Waals surface area contributed by atoms with E-state index >= 15 is 0 Å². The molecule has 0 aromatic heterocycles. The maximum atomic E-state index is 13.6. The van der Waals surface area contributed by atoms with Gasteiger partial charge in [0.05, 0.1) is 5.92 Å². The maximum absolute atomic E-state index is 13.6. The van der Waals surface area contributed by atoms with Crippen LogP contribution >= 0.6 is 23.2 Å². The van der Waals surface area contributed by atoms with Gasteiger partial charge in [-0.15, -0.1) is 0 Å². The van der Waals surface area contributed by atoms with Gasteiger partial charge in [-0.1, -0.05) is 47.5 Å². The molecular weight excluding hydrogens is 455 g/mol. The van der Waals surface area contributed by atoms with Gasteiger partial charge >= 0.3 is 12.4 Å². The first-order valence-electron chi connectivity index (χ1n) is 8.42. The maximum Gasteiger partial charge on any atom is 0.406 e. The number of amides is 1. The molecule has 0 radical (unpaired) electrons. The van der Waals surface area contributed by atoms with Gasteiger partial charge in [0.2, 0.25) is 0 Å². The standard InChI is InChI=1S/C20H15Cl2F6NO/c1-12-4-2-3-5-16(12)18(30)29(11-19(23,24)25)7-6-17(20(26,27)28)13-8-14(21)10-15(22)9-13/h2-10,17H,11H2,1H3/b7-6+. The number of hydrogen-bond donors (Lipinski definition) is 0. The lowest BCUT2D eigenvalue weighted by Gasteiger charge is -2.23. The summed E-state index contributed by atoms with van der Waals surface area (Å²) in [6.07, 6.45) is -8.71. The molecule has 2 nitrogen and oxygen atoms in total. The van der Waals surface area contributed by atoms with Crippen molar-refractivity contribution in [2.24, 2.45) is 0 Å². The summed E-state index contributed by atoms with van der Waals surface area (Å²) in [6, 6.07) is 9.07. The highest BCUT2D eigenvalue weighted by Crippen LogP contribution is 2.38. The van der Waals surface area contributed by atoms with Crippen molar-refractivity contribution in [3.05, 3.63) is 81.5 Å². The van der Waals surface area contributed by atoms with Crippen LogP contribution in [0.25, 0.3) is 0 Å². The van der Waals surface area contributed by atoms with E-state index < -0.39 is 30.7 Å². The molecule has 0 spiro atoms. The zero-order valence-corrected chi connectivity index (χ0v) is 16.9. The summed E-state index contributed by atoms with van der Waals surface area (Å²) >= 11 is 11.5. The third-order valence-electron chi connectivity index (χ3n) is 4.04. The van der Waals surface area contributed by atoms with Gasteiger partial charge < -0.3 is 4.90 Å². The Balaban J connectivity index is 2.47. The highest BCUT2D eigenvalue weighted by molar-refractivity contribution is 6.34. The SMILES string of the molecule is Cc1ccccc1C(=O)N(/C=C/C(c1cc(Cl)cc(Cl)c1)C(F)(F)F)CC(F)(F)F. The highest BCUT2D eigenvalue weighted by atomic mass is 35.5. The van der Waals surface area contributed by atoms with Crippen LogP contribution in [0.3, 0.4) is 0 Å². The number of rotatable bonds is 5. The van der Waals surface area contributed by atoms with Crippen molar-refractivity contribution < 1.29 is 31.1 Å². The van der Waals surface area contributed by atoms with Crippen molar-refractivity contribution in [1.82, 2.24) is 4.90 Å². The summed E-state index contributed by atoms with van der Waals surface area (Å²) in [6.45, 7) is -0.243. The van der Waals surface area contributed by atoms with Crippen LogP contribution in [0.15, 0.2) is 54.7 Å². The quantitative estimate of drug-likeness (QED) is 0.425. The van der Waals surface area contributed by atoms with Crippen molar-refractivity contribution in [3.8, 4) is 0 Å². The van der Waals surface area contributed by atoms with E-state index in [1.54, 1.807) is 6.07 Å². The minimum atomic E-state index is -4.86. The van der Waals surface area contributed by atoms with E-state index in [1.165, 1.54) is 31.2 Å². The zero-order valence-electron chi connectivity index (χ0n) is 15.4. The van der Waals surface area contributed by atoms with E-state index in [2.05, 4.69) is 0 Å². The molecule has 0 aliphatic carbocycles. The van der Waals surface area contributed by atoms with E-state index in [4.69, 9.17) is 23.2 Å². The van der Waals surface area contributed by atoms with E-state index in [0.29, 0.717) is 17.8 Å². The average molecular weight is 470 g/mol. The van der Waals surface area contributed by atoms with Gasteiger partial charge in [-0.25, -0.2) is 0 Å². The molecule has 0 saturated heterocycles. The van der Waals surface area contributed by atoms with E-state index in [0.717, 1.165) is 12.1 Å². The number of carbonyl (C=O) groups excluding carboxylic acids is 1. The number of benzene rings is 2.